The summed E-state index contributed by atoms with van der Waals surface area (Å²) in [6, 6.07) is 17.6. The quantitative estimate of drug-likeness (QED) is 0.762. The summed E-state index contributed by atoms with van der Waals surface area (Å²) in [7, 11) is 0. The van der Waals surface area contributed by atoms with Crippen LogP contribution in [0.15, 0.2) is 73.1 Å². The van der Waals surface area contributed by atoms with Crippen molar-refractivity contribution < 1.29 is 9.59 Å². The van der Waals surface area contributed by atoms with Crippen LogP contribution in [-0.4, -0.2) is 16.8 Å². The molecule has 0 bridgehead atoms. The molecular weight excluding hydrogens is 314 g/mol. The topological polar surface area (TPSA) is 71.1 Å². The second kappa shape index (κ2) is 7.40. The van der Waals surface area contributed by atoms with Crippen LogP contribution in [0.1, 0.15) is 26.3 Å². The molecule has 3 aromatic rings. The van der Waals surface area contributed by atoms with Crippen LogP contribution in [0.25, 0.3) is 0 Å². The molecule has 124 valence electrons. The van der Waals surface area contributed by atoms with E-state index in [2.05, 4.69) is 15.6 Å². The monoisotopic (exact) mass is 331 g/mol. The first-order valence-electron chi connectivity index (χ1n) is 7.82. The molecule has 0 aliphatic carbocycles. The van der Waals surface area contributed by atoms with Gasteiger partial charge >= 0.3 is 0 Å². The van der Waals surface area contributed by atoms with Gasteiger partial charge in [-0.25, -0.2) is 0 Å². The van der Waals surface area contributed by atoms with Gasteiger partial charge in [-0.3, -0.25) is 14.6 Å². The lowest BCUT2D eigenvalue weighted by atomic mass is 10.1. The molecule has 0 unspecified atom stereocenters. The number of nitrogens with zero attached hydrogens (tertiary/aromatic N) is 1. The van der Waals surface area contributed by atoms with E-state index in [4.69, 9.17) is 0 Å². The summed E-state index contributed by atoms with van der Waals surface area (Å²) in [5.41, 5.74) is 3.35. The Bertz CT molecular complexity index is 890. The number of amides is 2. The molecule has 0 radical (unpaired) electrons. The van der Waals surface area contributed by atoms with E-state index in [1.54, 1.807) is 54.9 Å². The van der Waals surface area contributed by atoms with Crippen LogP contribution in [-0.2, 0) is 0 Å². The van der Waals surface area contributed by atoms with Crippen molar-refractivity contribution in [2.24, 2.45) is 0 Å². The van der Waals surface area contributed by atoms with Gasteiger partial charge in [0, 0.05) is 34.9 Å². The zero-order valence-corrected chi connectivity index (χ0v) is 13.7. The van der Waals surface area contributed by atoms with Crippen LogP contribution in [0.5, 0.6) is 0 Å². The maximum Gasteiger partial charge on any atom is 0.255 e. The van der Waals surface area contributed by atoms with Crippen LogP contribution >= 0.6 is 0 Å². The molecule has 1 aromatic heterocycles. The maximum absolute atomic E-state index is 12.3. The highest BCUT2D eigenvalue weighted by Gasteiger charge is 2.10. The highest BCUT2D eigenvalue weighted by molar-refractivity contribution is 6.06. The molecule has 2 N–H and O–H groups in total. The molecule has 0 spiro atoms. The van der Waals surface area contributed by atoms with Crippen LogP contribution in [0.4, 0.5) is 11.4 Å². The summed E-state index contributed by atoms with van der Waals surface area (Å²) in [5, 5.41) is 5.62. The lowest BCUT2D eigenvalue weighted by Crippen LogP contribution is -2.14. The Labute approximate surface area is 145 Å². The minimum atomic E-state index is -0.219. The Morgan fingerprint density at radius 1 is 0.760 bits per heavy atom. The molecule has 25 heavy (non-hydrogen) atoms. The fourth-order valence-electron chi connectivity index (χ4n) is 2.37. The first kappa shape index (κ1) is 16.4. The lowest BCUT2D eigenvalue weighted by Gasteiger charge is -2.09. The second-order valence-corrected chi connectivity index (χ2v) is 5.54. The third-order valence-electron chi connectivity index (χ3n) is 3.73. The van der Waals surface area contributed by atoms with Crippen LogP contribution in [0.2, 0.25) is 0 Å². The number of benzene rings is 2. The molecule has 0 saturated heterocycles. The van der Waals surface area contributed by atoms with Crippen LogP contribution < -0.4 is 10.6 Å². The number of carbonyl (C=O) groups excluding carboxylic acids is 2. The number of aryl methyl sites for hydroxylation is 1. The Kier molecular flexibility index (Phi) is 4.85. The fourth-order valence-corrected chi connectivity index (χ4v) is 2.37. The summed E-state index contributed by atoms with van der Waals surface area (Å²) in [5.74, 6) is -0.393. The third-order valence-corrected chi connectivity index (χ3v) is 3.73. The summed E-state index contributed by atoms with van der Waals surface area (Å²) < 4.78 is 0. The Balaban J connectivity index is 1.67. The molecule has 2 aromatic carbocycles. The number of carbonyl (C=O) groups is 2. The van der Waals surface area contributed by atoms with Crippen molar-refractivity contribution >= 4 is 23.2 Å². The average molecular weight is 331 g/mol. The summed E-state index contributed by atoms with van der Waals surface area (Å²) in [6.07, 6.45) is 3.22. The molecule has 0 aliphatic rings. The Morgan fingerprint density at radius 3 is 2.04 bits per heavy atom. The van der Waals surface area contributed by atoms with Gasteiger partial charge in [0.2, 0.25) is 0 Å². The molecular formula is C20H17N3O2. The number of pyridine rings is 1. The highest BCUT2D eigenvalue weighted by atomic mass is 16.2. The number of nitrogens with one attached hydrogen (secondary N) is 2. The van der Waals surface area contributed by atoms with Gasteiger partial charge < -0.3 is 10.6 Å². The van der Waals surface area contributed by atoms with E-state index in [0.29, 0.717) is 22.5 Å². The van der Waals surface area contributed by atoms with E-state index in [0.717, 1.165) is 5.56 Å². The molecule has 0 saturated carbocycles. The molecule has 2 amide bonds. The van der Waals surface area contributed by atoms with E-state index >= 15 is 0 Å². The molecule has 5 heteroatoms. The van der Waals surface area contributed by atoms with E-state index in [-0.39, 0.29) is 11.8 Å². The van der Waals surface area contributed by atoms with Gasteiger partial charge in [-0.1, -0.05) is 18.2 Å². The molecule has 3 rings (SSSR count). The number of anilines is 2. The van der Waals surface area contributed by atoms with E-state index in [1.807, 2.05) is 25.1 Å². The fraction of sp³-hybridized carbons (Fsp3) is 0.0500. The number of hydrogen-bond donors (Lipinski definition) is 2. The summed E-state index contributed by atoms with van der Waals surface area (Å²) in [4.78, 5) is 28.4. The highest BCUT2D eigenvalue weighted by Crippen LogP contribution is 2.14. The van der Waals surface area contributed by atoms with Crippen molar-refractivity contribution in [1.82, 2.24) is 4.98 Å². The largest absolute Gasteiger partial charge is 0.322 e. The minimum absolute atomic E-state index is 0.174. The zero-order valence-electron chi connectivity index (χ0n) is 13.7. The van der Waals surface area contributed by atoms with E-state index in [1.165, 1.54) is 0 Å². The standard InChI is InChI=1S/C20H17N3O2/c1-14-4-2-3-5-18(14)20(25)23-16-8-6-15(7-9-16)19(24)22-17-10-12-21-13-11-17/h2-13H,1H3,(H,23,25)(H,21,22,24). The molecule has 0 atom stereocenters. The van der Waals surface area contributed by atoms with Crippen molar-refractivity contribution in [2.45, 2.75) is 6.92 Å². The predicted molar refractivity (Wildman–Crippen MR) is 97.8 cm³/mol. The predicted octanol–water partition coefficient (Wildman–Crippen LogP) is 3.89. The smallest absolute Gasteiger partial charge is 0.255 e. The first-order valence-corrected chi connectivity index (χ1v) is 7.82. The molecule has 1 heterocycles. The summed E-state index contributed by atoms with van der Waals surface area (Å²) >= 11 is 0. The molecule has 0 aliphatic heterocycles. The van der Waals surface area contributed by atoms with Gasteiger partial charge in [-0.2, -0.15) is 0 Å². The third kappa shape index (κ3) is 4.09. The number of aromatic nitrogens is 1. The van der Waals surface area contributed by atoms with Crippen LogP contribution in [0, 0.1) is 6.92 Å². The zero-order chi connectivity index (χ0) is 17.6. The minimum Gasteiger partial charge on any atom is -0.322 e. The lowest BCUT2D eigenvalue weighted by molar-refractivity contribution is 0.101. The number of rotatable bonds is 4. The van der Waals surface area contributed by atoms with Gasteiger partial charge in [-0.15, -0.1) is 0 Å². The van der Waals surface area contributed by atoms with Gasteiger partial charge in [0.1, 0.15) is 0 Å². The Morgan fingerprint density at radius 2 is 1.36 bits per heavy atom. The number of hydrogen-bond acceptors (Lipinski definition) is 3. The molecule has 5 nitrogen and oxygen atoms in total. The normalized spacial score (nSPS) is 10.1. The van der Waals surface area contributed by atoms with Crippen molar-refractivity contribution in [3.63, 3.8) is 0 Å². The Hall–Kier alpha value is -3.47. The van der Waals surface area contributed by atoms with E-state index in [9.17, 15) is 9.59 Å². The maximum atomic E-state index is 12.3. The van der Waals surface area contributed by atoms with Crippen molar-refractivity contribution in [1.29, 1.82) is 0 Å². The van der Waals surface area contributed by atoms with Gasteiger partial charge in [0.25, 0.3) is 11.8 Å². The first-order chi connectivity index (χ1) is 12.1. The van der Waals surface area contributed by atoms with Crippen LogP contribution in [0.3, 0.4) is 0 Å². The van der Waals surface area contributed by atoms with Crippen molar-refractivity contribution in [3.05, 3.63) is 89.7 Å². The van der Waals surface area contributed by atoms with Gasteiger partial charge in [-0.05, 0) is 55.0 Å². The van der Waals surface area contributed by atoms with Crippen molar-refractivity contribution in [3.8, 4) is 0 Å². The molecule has 0 fully saturated rings. The van der Waals surface area contributed by atoms with Gasteiger partial charge in [0.05, 0.1) is 0 Å². The van der Waals surface area contributed by atoms with Crippen molar-refractivity contribution in [2.75, 3.05) is 10.6 Å². The second-order valence-electron chi connectivity index (χ2n) is 5.54. The van der Waals surface area contributed by atoms with E-state index < -0.39 is 0 Å². The summed E-state index contributed by atoms with van der Waals surface area (Å²) in [6.45, 7) is 1.89. The van der Waals surface area contributed by atoms with Gasteiger partial charge in [0.15, 0.2) is 0 Å². The average Bonchev–Trinajstić information content (AvgIpc) is 2.63. The SMILES string of the molecule is Cc1ccccc1C(=O)Nc1ccc(C(=O)Nc2ccncc2)cc1.